The van der Waals surface area contributed by atoms with Gasteiger partial charge in [-0.2, -0.15) is 14.6 Å². The van der Waals surface area contributed by atoms with Gasteiger partial charge in [-0.3, -0.25) is 4.90 Å². The van der Waals surface area contributed by atoms with Crippen molar-refractivity contribution in [1.29, 1.82) is 0 Å². The number of fused-ring (bicyclic) bond motifs is 1. The van der Waals surface area contributed by atoms with Crippen molar-refractivity contribution in [3.8, 4) is 0 Å². The molecule has 26 heavy (non-hydrogen) atoms. The van der Waals surface area contributed by atoms with Gasteiger partial charge in [0.05, 0.1) is 10.7 Å². The van der Waals surface area contributed by atoms with Crippen molar-refractivity contribution in [2.75, 3.05) is 31.1 Å². The first-order valence-electron chi connectivity index (χ1n) is 9.27. The van der Waals surface area contributed by atoms with Gasteiger partial charge >= 0.3 is 0 Å². The Hall–Kier alpha value is -2.06. The second-order valence-electron chi connectivity index (χ2n) is 7.33. The molecule has 2 fully saturated rings. The lowest BCUT2D eigenvalue weighted by atomic mass is 10.2. The topological polar surface area (TPSA) is 62.5 Å². The Labute approximate surface area is 156 Å². The molecule has 8 heteroatoms. The molecule has 1 saturated heterocycles. The number of aryl methyl sites for hydroxylation is 1. The summed E-state index contributed by atoms with van der Waals surface area (Å²) in [5, 5.41) is 7.97. The zero-order chi connectivity index (χ0) is 17.7. The minimum atomic E-state index is 0.681. The number of hydrogen-bond donors (Lipinski definition) is 0. The van der Waals surface area contributed by atoms with Gasteiger partial charge < -0.3 is 4.90 Å². The molecule has 0 bridgehead atoms. The number of rotatable bonds is 4. The van der Waals surface area contributed by atoms with Gasteiger partial charge in [-0.15, -0.1) is 11.3 Å². The smallest absolute Gasteiger partial charge is 0.254 e. The van der Waals surface area contributed by atoms with Gasteiger partial charge in [0.15, 0.2) is 0 Å². The third kappa shape index (κ3) is 2.87. The van der Waals surface area contributed by atoms with Crippen LogP contribution in [0.3, 0.4) is 0 Å². The molecule has 1 aliphatic carbocycles. The second-order valence-corrected chi connectivity index (χ2v) is 8.22. The molecule has 136 valence electrons. The molecule has 7 nitrogen and oxygen atoms in total. The minimum absolute atomic E-state index is 0.681. The Morgan fingerprint density at radius 1 is 1.12 bits per heavy atom. The normalized spacial score (nSPS) is 18.8. The number of aromatic nitrogens is 5. The minimum Gasteiger partial charge on any atom is -0.354 e. The summed E-state index contributed by atoms with van der Waals surface area (Å²) in [7, 11) is 0. The Kier molecular flexibility index (Phi) is 3.90. The van der Waals surface area contributed by atoms with E-state index in [-0.39, 0.29) is 0 Å². The highest BCUT2D eigenvalue weighted by Gasteiger charge is 2.27. The molecule has 3 aromatic heterocycles. The monoisotopic (exact) mass is 369 g/mol. The second kappa shape index (κ2) is 6.28. The van der Waals surface area contributed by atoms with Gasteiger partial charge in [-0.1, -0.05) is 0 Å². The fourth-order valence-corrected chi connectivity index (χ4v) is 4.63. The zero-order valence-corrected chi connectivity index (χ0v) is 16.0. The number of thiazole rings is 1. The third-order valence-electron chi connectivity index (χ3n) is 5.43. The van der Waals surface area contributed by atoms with Crippen molar-refractivity contribution in [2.24, 2.45) is 0 Å². The van der Waals surface area contributed by atoms with Gasteiger partial charge in [-0.05, 0) is 26.7 Å². The van der Waals surface area contributed by atoms with E-state index in [1.807, 2.05) is 22.8 Å². The van der Waals surface area contributed by atoms with Crippen molar-refractivity contribution >= 4 is 22.9 Å². The number of anilines is 1. The summed E-state index contributed by atoms with van der Waals surface area (Å²) in [5.41, 5.74) is 3.45. The predicted octanol–water partition coefficient (Wildman–Crippen LogP) is 2.40. The lowest BCUT2D eigenvalue weighted by Crippen LogP contribution is -2.47. The van der Waals surface area contributed by atoms with Crippen LogP contribution in [0.25, 0.3) is 5.78 Å². The molecule has 2 aliphatic rings. The Balaban J connectivity index is 1.29. The molecule has 0 unspecified atom stereocenters. The van der Waals surface area contributed by atoms with Crippen LogP contribution in [0, 0.1) is 13.8 Å². The molecular formula is C18H23N7S. The van der Waals surface area contributed by atoms with Crippen LogP contribution in [0.2, 0.25) is 0 Å². The Bertz CT molecular complexity index is 934. The maximum atomic E-state index is 4.84. The van der Waals surface area contributed by atoms with E-state index in [4.69, 9.17) is 4.98 Å². The van der Waals surface area contributed by atoms with E-state index in [1.54, 1.807) is 6.33 Å². The molecule has 0 amide bonds. The summed E-state index contributed by atoms with van der Waals surface area (Å²) in [6.45, 7) is 9.17. The van der Waals surface area contributed by atoms with Crippen molar-refractivity contribution in [1.82, 2.24) is 29.5 Å². The maximum absolute atomic E-state index is 4.84. The van der Waals surface area contributed by atoms with E-state index in [1.165, 1.54) is 29.1 Å². The van der Waals surface area contributed by atoms with Crippen LogP contribution in [0.15, 0.2) is 11.7 Å². The number of hydrogen-bond acceptors (Lipinski definition) is 7. The quantitative estimate of drug-likeness (QED) is 0.704. The lowest BCUT2D eigenvalue weighted by molar-refractivity contribution is 0.246. The summed E-state index contributed by atoms with van der Waals surface area (Å²) in [5.74, 6) is 2.57. The Morgan fingerprint density at radius 3 is 2.69 bits per heavy atom. The summed E-state index contributed by atoms with van der Waals surface area (Å²) in [6, 6.07) is 0. The van der Waals surface area contributed by atoms with E-state index < -0.39 is 0 Å². The number of piperazine rings is 1. The molecule has 0 spiro atoms. The molecule has 1 saturated carbocycles. The molecule has 4 heterocycles. The van der Waals surface area contributed by atoms with E-state index in [9.17, 15) is 0 Å². The van der Waals surface area contributed by atoms with Crippen LogP contribution in [-0.4, -0.2) is 55.6 Å². The lowest BCUT2D eigenvalue weighted by Gasteiger charge is -2.36. The van der Waals surface area contributed by atoms with Gasteiger partial charge in [0.1, 0.15) is 12.1 Å². The van der Waals surface area contributed by atoms with Gasteiger partial charge in [0.25, 0.3) is 5.78 Å². The summed E-state index contributed by atoms with van der Waals surface area (Å²) >= 11 is 1.84. The molecular weight excluding hydrogens is 346 g/mol. The van der Waals surface area contributed by atoms with E-state index >= 15 is 0 Å². The van der Waals surface area contributed by atoms with E-state index in [0.29, 0.717) is 5.78 Å². The van der Waals surface area contributed by atoms with Crippen LogP contribution < -0.4 is 4.90 Å². The van der Waals surface area contributed by atoms with Crippen LogP contribution >= 0.6 is 11.3 Å². The van der Waals surface area contributed by atoms with Crippen LogP contribution in [0.5, 0.6) is 0 Å². The molecule has 1 aliphatic heterocycles. The molecule has 0 radical (unpaired) electrons. The molecule has 0 aromatic carbocycles. The average Bonchev–Trinajstić information content (AvgIpc) is 3.22. The highest BCUT2D eigenvalue weighted by molar-refractivity contribution is 7.09. The third-order valence-corrected chi connectivity index (χ3v) is 6.49. The molecule has 3 aromatic rings. The van der Waals surface area contributed by atoms with Crippen LogP contribution in [0.4, 0.5) is 5.82 Å². The molecule has 0 N–H and O–H groups in total. The fourth-order valence-electron chi connectivity index (χ4n) is 3.65. The van der Waals surface area contributed by atoms with Crippen LogP contribution in [0.1, 0.15) is 40.7 Å². The summed E-state index contributed by atoms with van der Waals surface area (Å²) in [4.78, 5) is 18.5. The first-order chi connectivity index (χ1) is 12.7. The highest BCUT2D eigenvalue weighted by Crippen LogP contribution is 2.41. The zero-order valence-electron chi connectivity index (χ0n) is 15.2. The van der Waals surface area contributed by atoms with Crippen molar-refractivity contribution in [3.63, 3.8) is 0 Å². The molecule has 5 rings (SSSR count). The maximum Gasteiger partial charge on any atom is 0.254 e. The Morgan fingerprint density at radius 2 is 1.92 bits per heavy atom. The van der Waals surface area contributed by atoms with E-state index in [0.717, 1.165) is 50.2 Å². The van der Waals surface area contributed by atoms with Crippen molar-refractivity contribution in [2.45, 2.75) is 39.2 Å². The average molecular weight is 369 g/mol. The van der Waals surface area contributed by atoms with Crippen LogP contribution in [-0.2, 0) is 6.54 Å². The number of nitrogens with zero attached hydrogens (tertiary/aromatic N) is 7. The first-order valence-corrected chi connectivity index (χ1v) is 10.2. The first kappa shape index (κ1) is 16.1. The van der Waals surface area contributed by atoms with Gasteiger partial charge in [0.2, 0.25) is 0 Å². The van der Waals surface area contributed by atoms with Gasteiger partial charge in [0, 0.05) is 55.3 Å². The van der Waals surface area contributed by atoms with Crippen molar-refractivity contribution < 1.29 is 0 Å². The largest absolute Gasteiger partial charge is 0.354 e. The van der Waals surface area contributed by atoms with E-state index in [2.05, 4.69) is 37.2 Å². The predicted molar refractivity (Wildman–Crippen MR) is 102 cm³/mol. The summed E-state index contributed by atoms with van der Waals surface area (Å²) < 4.78 is 1.88. The van der Waals surface area contributed by atoms with Crippen molar-refractivity contribution in [3.05, 3.63) is 33.7 Å². The summed E-state index contributed by atoms with van der Waals surface area (Å²) in [6.07, 6.45) is 4.24. The fraction of sp³-hybridized carbons (Fsp3) is 0.556. The standard InChI is InChI=1S/C18H23N7S/c1-12-13(2)21-18-19-11-20-25(18)17(12)24-7-5-23(6-8-24)9-15-10-26-16(22-15)14-3-4-14/h10-11,14H,3-9H2,1-2H3. The SMILES string of the molecule is Cc1nc2ncnn2c(N2CCN(Cc3csc(C4CC4)n3)CC2)c1C. The molecule has 0 atom stereocenters. The highest BCUT2D eigenvalue weighted by atomic mass is 32.1. The van der Waals surface area contributed by atoms with Gasteiger partial charge in [-0.25, -0.2) is 9.97 Å².